The summed E-state index contributed by atoms with van der Waals surface area (Å²) in [5.41, 5.74) is 0.625. The van der Waals surface area contributed by atoms with Gasteiger partial charge in [0.15, 0.2) is 0 Å². The number of nitrogens with zero attached hydrogens (tertiary/aromatic N) is 2. The molecule has 0 radical (unpaired) electrons. The summed E-state index contributed by atoms with van der Waals surface area (Å²) in [5, 5.41) is 6.39. The first-order chi connectivity index (χ1) is 19.8. The number of hydrogen-bond donors (Lipinski definition) is 2. The molecular formula is C33H46N4O4. The molecule has 2 bridgehead atoms. The lowest BCUT2D eigenvalue weighted by Gasteiger charge is -2.38. The molecule has 0 aromatic heterocycles. The molecule has 1 aliphatic carbocycles. The minimum Gasteiger partial charge on any atom is -0.359 e. The molecule has 6 rings (SSSR count). The number of nitrogens with one attached hydrogen (secondary N) is 2. The summed E-state index contributed by atoms with van der Waals surface area (Å²) in [6.45, 7) is 9.67. The van der Waals surface area contributed by atoms with Crippen molar-refractivity contribution in [2.45, 2.75) is 89.5 Å². The van der Waals surface area contributed by atoms with E-state index in [1.807, 2.05) is 43.3 Å². The van der Waals surface area contributed by atoms with E-state index in [1.54, 1.807) is 4.90 Å². The number of hydrogen-bond acceptors (Lipinski definition) is 5. The Balaban J connectivity index is 1.27. The summed E-state index contributed by atoms with van der Waals surface area (Å²) < 4.78 is 6.55. The Morgan fingerprint density at radius 2 is 1.80 bits per heavy atom. The fraction of sp³-hybridized carbons (Fsp3) is 0.667. The molecule has 1 aromatic rings. The van der Waals surface area contributed by atoms with E-state index in [0.717, 1.165) is 50.9 Å². The zero-order valence-electron chi connectivity index (χ0n) is 24.8. The molecule has 3 saturated heterocycles. The summed E-state index contributed by atoms with van der Waals surface area (Å²) in [6, 6.07) is 6.96. The molecule has 222 valence electrons. The van der Waals surface area contributed by atoms with Crippen molar-refractivity contribution in [3.05, 3.63) is 42.0 Å². The summed E-state index contributed by atoms with van der Waals surface area (Å²) in [5.74, 6) is -1.00. The van der Waals surface area contributed by atoms with E-state index >= 15 is 0 Å². The van der Waals surface area contributed by atoms with E-state index in [4.69, 9.17) is 4.74 Å². The third-order valence-electron chi connectivity index (χ3n) is 10.6. The molecule has 8 heteroatoms. The topological polar surface area (TPSA) is 91.0 Å². The smallest absolute Gasteiger partial charge is 0.246 e. The van der Waals surface area contributed by atoms with Gasteiger partial charge < -0.3 is 25.2 Å². The number of fused-ring (bicyclic) bond motifs is 1. The van der Waals surface area contributed by atoms with Crippen LogP contribution in [0, 0.1) is 30.6 Å². The van der Waals surface area contributed by atoms with Gasteiger partial charge in [0.2, 0.25) is 17.7 Å². The second-order valence-corrected chi connectivity index (χ2v) is 13.2. The van der Waals surface area contributed by atoms with Crippen molar-refractivity contribution in [1.29, 1.82) is 0 Å². The van der Waals surface area contributed by atoms with Gasteiger partial charge in [-0.2, -0.15) is 0 Å². The first kappa shape index (κ1) is 28.4. The van der Waals surface area contributed by atoms with E-state index in [-0.39, 0.29) is 23.8 Å². The molecule has 3 amide bonds. The van der Waals surface area contributed by atoms with Gasteiger partial charge in [-0.15, -0.1) is 0 Å². The molecular weight excluding hydrogens is 516 g/mol. The Morgan fingerprint density at radius 3 is 2.56 bits per heavy atom. The quantitative estimate of drug-likeness (QED) is 0.492. The van der Waals surface area contributed by atoms with Gasteiger partial charge in [-0.05, 0) is 68.8 Å². The van der Waals surface area contributed by atoms with E-state index in [9.17, 15) is 14.4 Å². The molecule has 5 aliphatic rings. The molecule has 2 N–H and O–H groups in total. The predicted molar refractivity (Wildman–Crippen MR) is 158 cm³/mol. The highest BCUT2D eigenvalue weighted by Crippen LogP contribution is 2.55. The highest BCUT2D eigenvalue weighted by molar-refractivity contribution is 6.02. The van der Waals surface area contributed by atoms with Crippen LogP contribution in [0.5, 0.6) is 0 Å². The number of rotatable bonds is 7. The maximum atomic E-state index is 14.3. The molecule has 8 atom stereocenters. The average molecular weight is 563 g/mol. The number of likely N-dealkylation sites (tertiary alicyclic amines) is 2. The largest absolute Gasteiger partial charge is 0.359 e. The number of carbonyl (C=O) groups is 3. The van der Waals surface area contributed by atoms with Gasteiger partial charge in [-0.25, -0.2) is 0 Å². The van der Waals surface area contributed by atoms with E-state index < -0.39 is 29.6 Å². The molecule has 1 aromatic carbocycles. The highest BCUT2D eigenvalue weighted by Gasteiger charge is 2.72. The number of carbonyl (C=O) groups excluding carboxylic acids is 3. The Hall–Kier alpha value is -2.71. The van der Waals surface area contributed by atoms with Crippen molar-refractivity contribution in [2.24, 2.45) is 23.7 Å². The van der Waals surface area contributed by atoms with E-state index in [0.29, 0.717) is 24.1 Å². The summed E-state index contributed by atoms with van der Waals surface area (Å²) in [6.07, 6.45) is 11.3. The van der Waals surface area contributed by atoms with Gasteiger partial charge in [0.25, 0.3) is 0 Å². The van der Waals surface area contributed by atoms with Crippen LogP contribution in [0.2, 0.25) is 0 Å². The molecule has 1 saturated carbocycles. The highest BCUT2D eigenvalue weighted by atomic mass is 16.5. The molecule has 41 heavy (non-hydrogen) atoms. The van der Waals surface area contributed by atoms with Crippen LogP contribution in [-0.2, 0) is 19.1 Å². The van der Waals surface area contributed by atoms with Crippen LogP contribution in [0.3, 0.4) is 0 Å². The number of benzene rings is 1. The fourth-order valence-corrected chi connectivity index (χ4v) is 8.11. The molecule has 4 fully saturated rings. The maximum absolute atomic E-state index is 14.3. The molecule has 6 unspecified atom stereocenters. The van der Waals surface area contributed by atoms with Crippen molar-refractivity contribution in [3.63, 3.8) is 0 Å². The van der Waals surface area contributed by atoms with Crippen molar-refractivity contribution in [3.8, 4) is 0 Å². The van der Waals surface area contributed by atoms with Crippen LogP contribution < -0.4 is 10.6 Å². The Labute approximate surface area is 244 Å². The van der Waals surface area contributed by atoms with Crippen molar-refractivity contribution >= 4 is 23.4 Å². The number of amides is 3. The van der Waals surface area contributed by atoms with Gasteiger partial charge in [0, 0.05) is 24.8 Å². The Kier molecular flexibility index (Phi) is 7.98. The van der Waals surface area contributed by atoms with Gasteiger partial charge >= 0.3 is 0 Å². The second kappa shape index (κ2) is 11.5. The second-order valence-electron chi connectivity index (χ2n) is 13.2. The van der Waals surface area contributed by atoms with Crippen LogP contribution in [-0.4, -0.2) is 77.5 Å². The minimum atomic E-state index is -1.12. The van der Waals surface area contributed by atoms with Crippen LogP contribution in [0.25, 0.3) is 0 Å². The lowest BCUT2D eigenvalue weighted by Crippen LogP contribution is -2.58. The zero-order chi connectivity index (χ0) is 28.7. The molecule has 1 spiro atoms. The number of aryl methyl sites for hydroxylation is 1. The lowest BCUT2D eigenvalue weighted by molar-refractivity contribution is -0.141. The van der Waals surface area contributed by atoms with Crippen molar-refractivity contribution < 1.29 is 19.1 Å². The molecule has 4 heterocycles. The predicted octanol–water partition coefficient (Wildman–Crippen LogP) is 3.90. The number of anilines is 1. The summed E-state index contributed by atoms with van der Waals surface area (Å²) >= 11 is 0. The monoisotopic (exact) mass is 562 g/mol. The van der Waals surface area contributed by atoms with E-state index in [2.05, 4.69) is 29.4 Å². The van der Waals surface area contributed by atoms with Gasteiger partial charge in [0.05, 0.1) is 17.9 Å². The molecule has 4 aliphatic heterocycles. The lowest BCUT2D eigenvalue weighted by atomic mass is 9.73. The first-order valence-electron chi connectivity index (χ1n) is 15.9. The minimum absolute atomic E-state index is 0.0762. The Bertz CT molecular complexity index is 1190. The van der Waals surface area contributed by atoms with Crippen LogP contribution in [0.15, 0.2) is 36.4 Å². The molecule has 8 nitrogen and oxygen atoms in total. The van der Waals surface area contributed by atoms with Crippen LogP contribution in [0.4, 0.5) is 5.69 Å². The Morgan fingerprint density at radius 1 is 1.02 bits per heavy atom. The fourth-order valence-electron chi connectivity index (χ4n) is 8.11. The van der Waals surface area contributed by atoms with Crippen LogP contribution in [0.1, 0.15) is 64.4 Å². The third-order valence-corrected chi connectivity index (χ3v) is 10.6. The maximum Gasteiger partial charge on any atom is 0.246 e. The average Bonchev–Trinajstić information content (AvgIpc) is 3.49. The van der Waals surface area contributed by atoms with Crippen molar-refractivity contribution in [2.75, 3.05) is 31.5 Å². The van der Waals surface area contributed by atoms with E-state index in [1.165, 1.54) is 19.3 Å². The SMILES string of the molecule is Cc1cccc(NC(=O)C2[C@@H]3C=CC4(O3)C(C(=O)NC3CCCC(C)C3C)N(CCN3CCCCCC3)C(=O)[C@H]24)c1. The third kappa shape index (κ3) is 5.22. The summed E-state index contributed by atoms with van der Waals surface area (Å²) in [7, 11) is 0. The zero-order valence-corrected chi connectivity index (χ0v) is 24.8. The van der Waals surface area contributed by atoms with Crippen LogP contribution >= 0.6 is 0 Å². The summed E-state index contributed by atoms with van der Waals surface area (Å²) in [4.78, 5) is 46.4. The van der Waals surface area contributed by atoms with Gasteiger partial charge in [0.1, 0.15) is 11.6 Å². The number of ether oxygens (including phenoxy) is 1. The first-order valence-corrected chi connectivity index (χ1v) is 15.9. The standard InChI is InChI=1S/C33H46N4O4/c1-21-10-8-12-24(20-21)34-30(38)27-26-14-15-33(41-26)28(27)32(40)37(19-18-36-16-6-4-5-7-17-36)29(33)31(39)35-25-13-9-11-22(2)23(25)3/h8,10,12,14-15,20,22-23,25-29H,4-7,9,11,13,16-19H2,1-3H3,(H,34,38)(H,35,39)/t22?,23?,25?,26-,27?,28-,29?,33?/m0/s1. The van der Waals surface area contributed by atoms with Gasteiger partial charge in [-0.1, -0.05) is 63.8 Å². The normalized spacial score (nSPS) is 36.7. The van der Waals surface area contributed by atoms with Crippen molar-refractivity contribution in [1.82, 2.24) is 15.1 Å². The van der Waals surface area contributed by atoms with Gasteiger partial charge in [-0.3, -0.25) is 14.4 Å².